The maximum absolute atomic E-state index is 4.36. The Bertz CT molecular complexity index is 533. The average molecular weight is 214 g/mol. The van der Waals surface area contributed by atoms with E-state index in [0.717, 1.165) is 11.4 Å². The molecule has 0 unspecified atom stereocenters. The minimum Gasteiger partial charge on any atom is -0.282 e. The average Bonchev–Trinajstić information content (AvgIpc) is 3.03. The van der Waals surface area contributed by atoms with Gasteiger partial charge in [0.15, 0.2) is 0 Å². The van der Waals surface area contributed by atoms with Crippen LogP contribution in [0.3, 0.4) is 0 Å². The van der Waals surface area contributed by atoms with Crippen molar-refractivity contribution in [1.82, 2.24) is 10.2 Å². The first-order valence-corrected chi connectivity index (χ1v) is 6.16. The number of hydrogen-bond donors (Lipinski definition) is 1. The van der Waals surface area contributed by atoms with E-state index < -0.39 is 0 Å². The fraction of sp³-hybridized carbons (Fsp3) is 0.500. The largest absolute Gasteiger partial charge is 0.282 e. The Morgan fingerprint density at radius 1 is 1.31 bits per heavy atom. The molecule has 1 heterocycles. The predicted molar refractivity (Wildman–Crippen MR) is 66.9 cm³/mol. The lowest BCUT2D eigenvalue weighted by Crippen LogP contribution is -1.96. The number of aromatic amines is 1. The van der Waals surface area contributed by atoms with Crippen LogP contribution < -0.4 is 0 Å². The Balaban J connectivity index is 2.33. The van der Waals surface area contributed by atoms with E-state index >= 15 is 0 Å². The molecule has 1 N–H and O–H groups in total. The summed E-state index contributed by atoms with van der Waals surface area (Å²) in [7, 11) is 0. The van der Waals surface area contributed by atoms with Crippen molar-refractivity contribution >= 4 is 10.9 Å². The highest BCUT2D eigenvalue weighted by Gasteiger charge is 2.28. The van der Waals surface area contributed by atoms with Gasteiger partial charge >= 0.3 is 0 Å². The van der Waals surface area contributed by atoms with Crippen LogP contribution in [0.5, 0.6) is 0 Å². The molecule has 2 heteroatoms. The highest BCUT2D eigenvalue weighted by molar-refractivity contribution is 5.86. The summed E-state index contributed by atoms with van der Waals surface area (Å²) in [4.78, 5) is 0. The molecule has 1 aromatic heterocycles. The van der Waals surface area contributed by atoms with Crippen molar-refractivity contribution in [2.24, 2.45) is 0 Å². The van der Waals surface area contributed by atoms with Crippen LogP contribution in [0.4, 0.5) is 0 Å². The van der Waals surface area contributed by atoms with Crippen LogP contribution in [0.25, 0.3) is 10.9 Å². The standard InChI is InChI=1S/C14H18N2/c1-8(2)13-11(10-4-5-10)6-7-12-14(13)9(3)15-16-12/h6-8,10H,4-5H2,1-3H3,(H,15,16). The molecule has 2 nitrogen and oxygen atoms in total. The van der Waals surface area contributed by atoms with E-state index in [1.165, 1.54) is 29.5 Å². The predicted octanol–water partition coefficient (Wildman–Crippen LogP) is 3.87. The van der Waals surface area contributed by atoms with Gasteiger partial charge in [0.05, 0.1) is 5.52 Å². The summed E-state index contributed by atoms with van der Waals surface area (Å²) in [6.07, 6.45) is 2.73. The van der Waals surface area contributed by atoms with Gasteiger partial charge in [0.2, 0.25) is 0 Å². The second kappa shape index (κ2) is 3.34. The van der Waals surface area contributed by atoms with Crippen LogP contribution >= 0.6 is 0 Å². The number of benzene rings is 1. The summed E-state index contributed by atoms with van der Waals surface area (Å²) in [6, 6.07) is 4.45. The quantitative estimate of drug-likeness (QED) is 0.807. The van der Waals surface area contributed by atoms with E-state index in [1.807, 2.05) is 0 Å². The summed E-state index contributed by atoms with van der Waals surface area (Å²) in [5.41, 5.74) is 5.41. The van der Waals surface area contributed by atoms with Gasteiger partial charge in [-0.05, 0) is 48.8 Å². The van der Waals surface area contributed by atoms with Crippen LogP contribution in [0.2, 0.25) is 0 Å². The lowest BCUT2D eigenvalue weighted by Gasteiger charge is -2.14. The highest BCUT2D eigenvalue weighted by Crippen LogP contribution is 2.45. The fourth-order valence-corrected chi connectivity index (χ4v) is 2.68. The molecule has 84 valence electrons. The maximum atomic E-state index is 4.36. The van der Waals surface area contributed by atoms with Gasteiger partial charge in [0.1, 0.15) is 0 Å². The second-order valence-electron chi connectivity index (χ2n) is 5.24. The molecule has 0 atom stereocenters. The molecule has 0 bridgehead atoms. The summed E-state index contributed by atoms with van der Waals surface area (Å²) in [5.74, 6) is 1.40. The first-order chi connectivity index (χ1) is 7.68. The van der Waals surface area contributed by atoms with Gasteiger partial charge in [-0.15, -0.1) is 0 Å². The van der Waals surface area contributed by atoms with Crippen molar-refractivity contribution in [3.63, 3.8) is 0 Å². The molecule has 1 saturated carbocycles. The Hall–Kier alpha value is -1.31. The fourth-order valence-electron chi connectivity index (χ4n) is 2.68. The molecule has 1 aromatic carbocycles. The molecule has 0 amide bonds. The minimum atomic E-state index is 0.579. The normalized spacial score (nSPS) is 16.2. The molecule has 1 fully saturated rings. The van der Waals surface area contributed by atoms with Gasteiger partial charge < -0.3 is 0 Å². The summed E-state index contributed by atoms with van der Waals surface area (Å²) in [5, 5.41) is 8.83. The zero-order valence-electron chi connectivity index (χ0n) is 10.2. The third-order valence-electron chi connectivity index (χ3n) is 3.57. The van der Waals surface area contributed by atoms with Gasteiger partial charge in [-0.2, -0.15) is 5.10 Å². The molecule has 0 radical (unpaired) electrons. The smallest absolute Gasteiger partial charge is 0.0926 e. The Kier molecular flexibility index (Phi) is 2.06. The van der Waals surface area contributed by atoms with Crippen LogP contribution in [-0.4, -0.2) is 10.2 Å². The SMILES string of the molecule is Cc1[nH]nc2ccc(C3CC3)c(C(C)C)c12. The van der Waals surface area contributed by atoms with Gasteiger partial charge in [0, 0.05) is 11.1 Å². The van der Waals surface area contributed by atoms with Crippen molar-refractivity contribution < 1.29 is 0 Å². The summed E-state index contributed by atoms with van der Waals surface area (Å²) >= 11 is 0. The van der Waals surface area contributed by atoms with E-state index in [4.69, 9.17) is 0 Å². The first kappa shape index (κ1) is 9.88. The van der Waals surface area contributed by atoms with Gasteiger partial charge in [-0.25, -0.2) is 0 Å². The zero-order chi connectivity index (χ0) is 11.3. The number of rotatable bonds is 2. The molecular formula is C14H18N2. The maximum Gasteiger partial charge on any atom is 0.0926 e. The number of nitrogens with one attached hydrogen (secondary N) is 1. The van der Waals surface area contributed by atoms with Gasteiger partial charge in [-0.1, -0.05) is 19.9 Å². The Morgan fingerprint density at radius 2 is 2.06 bits per heavy atom. The highest BCUT2D eigenvalue weighted by atomic mass is 15.1. The second-order valence-corrected chi connectivity index (χ2v) is 5.24. The zero-order valence-corrected chi connectivity index (χ0v) is 10.2. The van der Waals surface area contributed by atoms with E-state index in [-0.39, 0.29) is 0 Å². The molecule has 0 aliphatic heterocycles. The first-order valence-electron chi connectivity index (χ1n) is 6.16. The van der Waals surface area contributed by atoms with Crippen molar-refractivity contribution in [3.05, 3.63) is 29.0 Å². The van der Waals surface area contributed by atoms with Crippen molar-refractivity contribution in [3.8, 4) is 0 Å². The molecular weight excluding hydrogens is 196 g/mol. The van der Waals surface area contributed by atoms with E-state index in [0.29, 0.717) is 5.92 Å². The Morgan fingerprint density at radius 3 is 2.69 bits per heavy atom. The minimum absolute atomic E-state index is 0.579. The lowest BCUT2D eigenvalue weighted by molar-refractivity contribution is 0.851. The number of hydrogen-bond acceptors (Lipinski definition) is 1. The van der Waals surface area contributed by atoms with E-state index in [2.05, 4.69) is 43.1 Å². The van der Waals surface area contributed by atoms with Crippen LogP contribution in [0.15, 0.2) is 12.1 Å². The lowest BCUT2D eigenvalue weighted by atomic mass is 9.90. The number of aromatic nitrogens is 2. The molecule has 3 rings (SSSR count). The van der Waals surface area contributed by atoms with Crippen molar-refractivity contribution in [2.45, 2.75) is 45.4 Å². The van der Waals surface area contributed by atoms with E-state index in [9.17, 15) is 0 Å². The number of aryl methyl sites for hydroxylation is 1. The number of fused-ring (bicyclic) bond motifs is 1. The van der Waals surface area contributed by atoms with Gasteiger partial charge in [-0.3, -0.25) is 5.10 Å². The third kappa shape index (κ3) is 1.36. The van der Waals surface area contributed by atoms with Crippen LogP contribution in [-0.2, 0) is 0 Å². The van der Waals surface area contributed by atoms with Crippen molar-refractivity contribution in [1.29, 1.82) is 0 Å². The van der Waals surface area contributed by atoms with Gasteiger partial charge in [0.25, 0.3) is 0 Å². The molecule has 1 aliphatic rings. The monoisotopic (exact) mass is 214 g/mol. The van der Waals surface area contributed by atoms with Crippen molar-refractivity contribution in [2.75, 3.05) is 0 Å². The molecule has 0 spiro atoms. The third-order valence-corrected chi connectivity index (χ3v) is 3.57. The van der Waals surface area contributed by atoms with E-state index in [1.54, 1.807) is 5.56 Å². The number of H-pyrrole nitrogens is 1. The summed E-state index contributed by atoms with van der Waals surface area (Å²) in [6.45, 7) is 6.69. The molecule has 0 saturated heterocycles. The Labute approximate surface area is 96.1 Å². The van der Waals surface area contributed by atoms with Crippen LogP contribution in [0, 0.1) is 6.92 Å². The molecule has 2 aromatic rings. The summed E-state index contributed by atoms with van der Waals surface area (Å²) < 4.78 is 0. The topological polar surface area (TPSA) is 28.7 Å². The molecule has 1 aliphatic carbocycles. The molecule has 16 heavy (non-hydrogen) atoms. The van der Waals surface area contributed by atoms with Crippen LogP contribution in [0.1, 0.15) is 55.3 Å². The number of nitrogens with zero attached hydrogens (tertiary/aromatic N) is 1.